The van der Waals surface area contributed by atoms with Gasteiger partial charge in [0.1, 0.15) is 0 Å². The van der Waals surface area contributed by atoms with Gasteiger partial charge in [0, 0.05) is 35.6 Å². The minimum atomic E-state index is -0.451. The lowest BCUT2D eigenvalue weighted by Crippen LogP contribution is -2.28. The highest BCUT2D eigenvalue weighted by atomic mass is 16.2. The molecule has 3 amide bonds. The Morgan fingerprint density at radius 1 is 0.844 bits per heavy atom. The summed E-state index contributed by atoms with van der Waals surface area (Å²) in [6.07, 6.45) is 0.136. The highest BCUT2D eigenvalue weighted by Gasteiger charge is 2.35. The zero-order valence-corrected chi connectivity index (χ0v) is 18.1. The Kier molecular flexibility index (Phi) is 6.03. The zero-order chi connectivity index (χ0) is 22.7. The van der Waals surface area contributed by atoms with E-state index < -0.39 is 5.92 Å². The van der Waals surface area contributed by atoms with Crippen molar-refractivity contribution in [3.05, 3.63) is 89.5 Å². The Labute approximate surface area is 187 Å². The molecular weight excluding hydrogens is 402 g/mol. The normalized spacial score (nSPS) is 15.5. The number of nitrogens with zero attached hydrogens (tertiary/aromatic N) is 1. The Balaban J connectivity index is 1.45. The van der Waals surface area contributed by atoms with Crippen LogP contribution in [0.25, 0.3) is 0 Å². The van der Waals surface area contributed by atoms with Crippen LogP contribution in [0.1, 0.15) is 27.9 Å². The molecule has 0 aliphatic carbocycles. The molecule has 1 aliphatic heterocycles. The van der Waals surface area contributed by atoms with Gasteiger partial charge in [0.2, 0.25) is 11.8 Å². The van der Waals surface area contributed by atoms with Gasteiger partial charge in [0.25, 0.3) is 5.91 Å². The van der Waals surface area contributed by atoms with Crippen molar-refractivity contribution < 1.29 is 14.4 Å². The van der Waals surface area contributed by atoms with Gasteiger partial charge in [0.05, 0.1) is 5.92 Å². The molecule has 6 nitrogen and oxygen atoms in total. The van der Waals surface area contributed by atoms with Crippen molar-refractivity contribution in [2.75, 3.05) is 22.1 Å². The number of benzene rings is 3. The van der Waals surface area contributed by atoms with Crippen molar-refractivity contribution in [1.82, 2.24) is 0 Å². The highest BCUT2D eigenvalue weighted by Crippen LogP contribution is 2.27. The quantitative estimate of drug-likeness (QED) is 0.627. The Bertz CT molecular complexity index is 1190. The van der Waals surface area contributed by atoms with E-state index >= 15 is 0 Å². The molecule has 32 heavy (non-hydrogen) atoms. The van der Waals surface area contributed by atoms with Crippen LogP contribution in [0.5, 0.6) is 0 Å². The van der Waals surface area contributed by atoms with E-state index in [1.165, 1.54) is 0 Å². The number of carbonyl (C=O) groups is 3. The van der Waals surface area contributed by atoms with Crippen molar-refractivity contribution in [2.45, 2.75) is 20.3 Å². The SMILES string of the molecule is Cc1cccc(NC(=O)c2cccc(N3CC(C(=O)Nc4cccc(C)c4)CC3=O)c2)c1. The molecule has 2 N–H and O–H groups in total. The summed E-state index contributed by atoms with van der Waals surface area (Å²) in [6.45, 7) is 4.19. The second-order valence-corrected chi connectivity index (χ2v) is 8.14. The maximum Gasteiger partial charge on any atom is 0.255 e. The average molecular weight is 428 g/mol. The number of hydrogen-bond donors (Lipinski definition) is 2. The predicted molar refractivity (Wildman–Crippen MR) is 126 cm³/mol. The number of amides is 3. The summed E-state index contributed by atoms with van der Waals surface area (Å²) >= 11 is 0. The predicted octanol–water partition coefficient (Wildman–Crippen LogP) is 4.55. The van der Waals surface area contributed by atoms with Gasteiger partial charge in [-0.25, -0.2) is 0 Å². The minimum Gasteiger partial charge on any atom is -0.326 e. The average Bonchev–Trinajstić information content (AvgIpc) is 3.16. The van der Waals surface area contributed by atoms with E-state index in [0.717, 1.165) is 16.8 Å². The molecule has 1 atom stereocenters. The van der Waals surface area contributed by atoms with Crippen LogP contribution >= 0.6 is 0 Å². The van der Waals surface area contributed by atoms with E-state index in [2.05, 4.69) is 10.6 Å². The van der Waals surface area contributed by atoms with Crippen LogP contribution in [0, 0.1) is 19.8 Å². The highest BCUT2D eigenvalue weighted by molar-refractivity contribution is 6.07. The summed E-state index contributed by atoms with van der Waals surface area (Å²) in [7, 11) is 0. The van der Waals surface area contributed by atoms with E-state index in [0.29, 0.717) is 16.9 Å². The third kappa shape index (κ3) is 4.86. The summed E-state index contributed by atoms with van der Waals surface area (Å²) in [5, 5.41) is 5.78. The second kappa shape index (κ2) is 9.06. The lowest BCUT2D eigenvalue weighted by Gasteiger charge is -2.18. The number of anilines is 3. The van der Waals surface area contributed by atoms with Gasteiger partial charge < -0.3 is 15.5 Å². The Hall–Kier alpha value is -3.93. The molecule has 162 valence electrons. The van der Waals surface area contributed by atoms with Gasteiger partial charge >= 0.3 is 0 Å². The van der Waals surface area contributed by atoms with E-state index in [-0.39, 0.29) is 30.7 Å². The summed E-state index contributed by atoms with van der Waals surface area (Å²) in [4.78, 5) is 39.6. The van der Waals surface area contributed by atoms with Gasteiger partial charge in [-0.15, -0.1) is 0 Å². The van der Waals surface area contributed by atoms with Crippen LogP contribution < -0.4 is 15.5 Å². The van der Waals surface area contributed by atoms with Crippen LogP contribution in [0.2, 0.25) is 0 Å². The van der Waals surface area contributed by atoms with Crippen molar-refractivity contribution >= 4 is 34.8 Å². The van der Waals surface area contributed by atoms with Crippen LogP contribution in [-0.4, -0.2) is 24.3 Å². The topological polar surface area (TPSA) is 78.5 Å². The molecule has 0 aromatic heterocycles. The number of aryl methyl sites for hydroxylation is 2. The van der Waals surface area contributed by atoms with Crippen molar-refractivity contribution in [3.8, 4) is 0 Å². The maximum atomic E-state index is 12.7. The molecule has 4 rings (SSSR count). The molecular formula is C26H25N3O3. The zero-order valence-electron chi connectivity index (χ0n) is 18.1. The molecule has 1 saturated heterocycles. The van der Waals surface area contributed by atoms with Crippen LogP contribution in [-0.2, 0) is 9.59 Å². The standard InChI is InChI=1S/C26H25N3O3/c1-17-6-3-9-21(12-17)27-25(31)19-8-5-11-23(14-19)29-16-20(15-24(29)30)26(32)28-22-10-4-7-18(2)13-22/h3-14,20H,15-16H2,1-2H3,(H,27,31)(H,28,32). The maximum absolute atomic E-state index is 12.7. The molecule has 3 aromatic rings. The van der Waals surface area contributed by atoms with E-state index in [1.54, 1.807) is 29.2 Å². The number of carbonyl (C=O) groups excluding carboxylic acids is 3. The van der Waals surface area contributed by atoms with E-state index in [1.807, 2.05) is 62.4 Å². The molecule has 6 heteroatoms. The first-order valence-corrected chi connectivity index (χ1v) is 10.5. The molecule has 0 saturated carbocycles. The first-order valence-electron chi connectivity index (χ1n) is 10.5. The van der Waals surface area contributed by atoms with Gasteiger partial charge in [-0.2, -0.15) is 0 Å². The Morgan fingerprint density at radius 2 is 1.47 bits per heavy atom. The molecule has 0 bridgehead atoms. The van der Waals surface area contributed by atoms with Gasteiger partial charge in [-0.05, 0) is 67.4 Å². The van der Waals surface area contributed by atoms with Crippen LogP contribution in [0.3, 0.4) is 0 Å². The number of nitrogens with one attached hydrogen (secondary N) is 2. The van der Waals surface area contributed by atoms with E-state index in [9.17, 15) is 14.4 Å². The summed E-state index contributed by atoms with van der Waals surface area (Å²) < 4.78 is 0. The minimum absolute atomic E-state index is 0.134. The van der Waals surface area contributed by atoms with Gasteiger partial charge in [-0.1, -0.05) is 30.3 Å². The summed E-state index contributed by atoms with van der Waals surface area (Å²) in [6, 6.07) is 22.0. The first kappa shape index (κ1) is 21.3. The van der Waals surface area contributed by atoms with Gasteiger partial charge in [-0.3, -0.25) is 14.4 Å². The number of hydrogen-bond acceptors (Lipinski definition) is 3. The molecule has 1 unspecified atom stereocenters. The largest absolute Gasteiger partial charge is 0.326 e. The molecule has 1 fully saturated rings. The van der Waals surface area contributed by atoms with Gasteiger partial charge in [0.15, 0.2) is 0 Å². The third-order valence-corrected chi connectivity index (χ3v) is 5.48. The molecule has 1 aliphatic rings. The van der Waals surface area contributed by atoms with E-state index in [4.69, 9.17) is 0 Å². The fourth-order valence-electron chi connectivity index (χ4n) is 3.84. The fraction of sp³-hybridized carbons (Fsp3) is 0.192. The summed E-state index contributed by atoms with van der Waals surface area (Å²) in [5.74, 6) is -1.02. The Morgan fingerprint density at radius 3 is 2.12 bits per heavy atom. The van der Waals surface area contributed by atoms with Crippen LogP contribution in [0.15, 0.2) is 72.8 Å². The molecule has 3 aromatic carbocycles. The molecule has 0 spiro atoms. The molecule has 0 radical (unpaired) electrons. The lowest BCUT2D eigenvalue weighted by molar-refractivity contribution is -0.122. The molecule has 1 heterocycles. The van der Waals surface area contributed by atoms with Crippen molar-refractivity contribution in [3.63, 3.8) is 0 Å². The first-order chi connectivity index (χ1) is 15.4. The second-order valence-electron chi connectivity index (χ2n) is 8.14. The smallest absolute Gasteiger partial charge is 0.255 e. The fourth-order valence-corrected chi connectivity index (χ4v) is 3.84. The monoisotopic (exact) mass is 427 g/mol. The van der Waals surface area contributed by atoms with Crippen molar-refractivity contribution in [2.24, 2.45) is 5.92 Å². The van der Waals surface area contributed by atoms with Crippen LogP contribution in [0.4, 0.5) is 17.1 Å². The summed E-state index contributed by atoms with van der Waals surface area (Å²) in [5.41, 5.74) is 4.59. The van der Waals surface area contributed by atoms with Crippen molar-refractivity contribution in [1.29, 1.82) is 0 Å². The lowest BCUT2D eigenvalue weighted by atomic mass is 10.1. The third-order valence-electron chi connectivity index (χ3n) is 5.48. The number of rotatable bonds is 5.